The molecule has 0 bridgehead atoms. The molecule has 5 atom stereocenters. The van der Waals surface area contributed by atoms with Crippen molar-refractivity contribution in [3.63, 3.8) is 0 Å². The van der Waals surface area contributed by atoms with Crippen molar-refractivity contribution < 1.29 is 30.0 Å². The molecule has 1 aliphatic rings. The average molecular weight is 395 g/mol. The lowest BCUT2D eigenvalue weighted by Gasteiger charge is -2.16. The Morgan fingerprint density at radius 3 is 2.57 bits per heavy atom. The van der Waals surface area contributed by atoms with Crippen LogP contribution in [0.4, 0.5) is 0 Å². The molecule has 0 radical (unpaired) electrons. The Balaban J connectivity index is 2.28. The molecule has 0 unspecified atom stereocenters. The number of rotatable bonds is 13. The molecule has 1 aliphatic heterocycles. The molecule has 0 amide bonds. The SMILES string of the molecule is CC/C=C\C[C@@H]1O[C@@H]([C@H](O)/C=C/[C@@H](O)C/C=C\C/C=C\CCC(=O)O)C[C@@H]1O. The van der Waals surface area contributed by atoms with Gasteiger partial charge in [-0.25, -0.2) is 0 Å². The minimum absolute atomic E-state index is 0.129. The molecular formula is C22H34O6. The lowest BCUT2D eigenvalue weighted by atomic mass is 10.0. The summed E-state index contributed by atoms with van der Waals surface area (Å²) in [6, 6.07) is 0. The second kappa shape index (κ2) is 14.3. The lowest BCUT2D eigenvalue weighted by molar-refractivity contribution is -0.136. The van der Waals surface area contributed by atoms with Gasteiger partial charge in [0.2, 0.25) is 0 Å². The molecule has 1 fully saturated rings. The fourth-order valence-corrected chi connectivity index (χ4v) is 2.87. The first-order valence-corrected chi connectivity index (χ1v) is 9.98. The number of carboxylic acid groups (broad SMARTS) is 1. The summed E-state index contributed by atoms with van der Waals surface area (Å²) in [5.41, 5.74) is 0. The van der Waals surface area contributed by atoms with E-state index in [1.54, 1.807) is 0 Å². The average Bonchev–Trinajstić information content (AvgIpc) is 3.02. The fourth-order valence-electron chi connectivity index (χ4n) is 2.87. The Hall–Kier alpha value is -1.73. The maximum atomic E-state index is 10.4. The van der Waals surface area contributed by atoms with Gasteiger partial charge in [0.1, 0.15) is 0 Å². The fraction of sp³-hybridized carbons (Fsp3) is 0.591. The number of aliphatic hydroxyl groups is 3. The van der Waals surface area contributed by atoms with Gasteiger partial charge in [-0.2, -0.15) is 0 Å². The quantitative estimate of drug-likeness (QED) is 0.358. The van der Waals surface area contributed by atoms with Crippen LogP contribution in [-0.2, 0) is 9.53 Å². The van der Waals surface area contributed by atoms with Crippen molar-refractivity contribution in [1.29, 1.82) is 0 Å². The number of aliphatic carboxylic acids is 1. The van der Waals surface area contributed by atoms with Gasteiger partial charge in [-0.1, -0.05) is 55.5 Å². The Bertz CT molecular complexity index is 551. The van der Waals surface area contributed by atoms with Gasteiger partial charge in [-0.05, 0) is 32.1 Å². The van der Waals surface area contributed by atoms with E-state index in [2.05, 4.69) is 0 Å². The highest BCUT2D eigenvalue weighted by molar-refractivity contribution is 5.66. The van der Waals surface area contributed by atoms with Crippen molar-refractivity contribution in [2.75, 3.05) is 0 Å². The number of carbonyl (C=O) groups is 1. The summed E-state index contributed by atoms with van der Waals surface area (Å²) in [6.07, 6.45) is 15.3. The summed E-state index contributed by atoms with van der Waals surface area (Å²) in [5.74, 6) is -0.807. The van der Waals surface area contributed by atoms with Gasteiger partial charge in [-0.3, -0.25) is 4.79 Å². The summed E-state index contributed by atoms with van der Waals surface area (Å²) in [4.78, 5) is 10.4. The van der Waals surface area contributed by atoms with E-state index in [-0.39, 0.29) is 12.5 Å². The van der Waals surface area contributed by atoms with Crippen LogP contribution in [0.1, 0.15) is 51.9 Å². The Morgan fingerprint density at radius 1 is 1.11 bits per heavy atom. The molecule has 1 rings (SSSR count). The van der Waals surface area contributed by atoms with Crippen LogP contribution in [0.3, 0.4) is 0 Å². The van der Waals surface area contributed by atoms with Gasteiger partial charge < -0.3 is 25.2 Å². The summed E-state index contributed by atoms with van der Waals surface area (Å²) in [5, 5.41) is 38.7. The zero-order valence-electron chi connectivity index (χ0n) is 16.6. The van der Waals surface area contributed by atoms with E-state index in [4.69, 9.17) is 9.84 Å². The van der Waals surface area contributed by atoms with E-state index in [1.807, 2.05) is 43.4 Å². The molecule has 0 aromatic heterocycles. The highest BCUT2D eigenvalue weighted by Crippen LogP contribution is 2.26. The minimum atomic E-state index is -0.870. The normalized spacial score (nSPS) is 25.5. The molecule has 28 heavy (non-hydrogen) atoms. The lowest BCUT2D eigenvalue weighted by Crippen LogP contribution is -2.24. The first-order chi connectivity index (χ1) is 13.4. The third-order valence-corrected chi connectivity index (χ3v) is 4.44. The van der Waals surface area contributed by atoms with Crippen LogP contribution in [0.25, 0.3) is 0 Å². The highest BCUT2D eigenvalue weighted by atomic mass is 16.5. The molecule has 0 spiro atoms. The van der Waals surface area contributed by atoms with E-state index in [0.717, 1.165) is 6.42 Å². The molecule has 4 N–H and O–H groups in total. The van der Waals surface area contributed by atoms with Crippen LogP contribution < -0.4 is 0 Å². The molecule has 1 saturated heterocycles. The van der Waals surface area contributed by atoms with Crippen molar-refractivity contribution in [1.82, 2.24) is 0 Å². The van der Waals surface area contributed by atoms with E-state index >= 15 is 0 Å². The third kappa shape index (κ3) is 10.6. The van der Waals surface area contributed by atoms with Crippen LogP contribution in [0.2, 0.25) is 0 Å². The van der Waals surface area contributed by atoms with Crippen LogP contribution in [0, 0.1) is 0 Å². The number of allylic oxidation sites excluding steroid dienone is 4. The molecule has 0 aromatic carbocycles. The van der Waals surface area contributed by atoms with Crippen LogP contribution in [-0.4, -0.2) is 56.9 Å². The van der Waals surface area contributed by atoms with Gasteiger partial charge in [0.25, 0.3) is 0 Å². The van der Waals surface area contributed by atoms with Gasteiger partial charge in [0.15, 0.2) is 0 Å². The van der Waals surface area contributed by atoms with Gasteiger partial charge >= 0.3 is 5.97 Å². The van der Waals surface area contributed by atoms with Gasteiger partial charge in [0, 0.05) is 12.8 Å². The number of hydrogen-bond acceptors (Lipinski definition) is 5. The monoisotopic (exact) mass is 394 g/mol. The van der Waals surface area contributed by atoms with Crippen molar-refractivity contribution in [2.24, 2.45) is 0 Å². The van der Waals surface area contributed by atoms with Crippen molar-refractivity contribution in [3.8, 4) is 0 Å². The predicted molar refractivity (Wildman–Crippen MR) is 109 cm³/mol. The second-order valence-corrected chi connectivity index (χ2v) is 6.92. The first-order valence-electron chi connectivity index (χ1n) is 9.98. The summed E-state index contributed by atoms with van der Waals surface area (Å²) < 4.78 is 5.73. The van der Waals surface area contributed by atoms with Crippen LogP contribution in [0.5, 0.6) is 0 Å². The predicted octanol–water partition coefficient (Wildman–Crippen LogP) is 2.90. The van der Waals surface area contributed by atoms with E-state index < -0.39 is 30.4 Å². The maximum absolute atomic E-state index is 10.4. The van der Waals surface area contributed by atoms with Crippen molar-refractivity contribution >= 4 is 5.97 Å². The number of ether oxygens (including phenoxy) is 1. The summed E-state index contributed by atoms with van der Waals surface area (Å²) in [6.45, 7) is 2.04. The van der Waals surface area contributed by atoms with Gasteiger partial charge in [-0.15, -0.1) is 0 Å². The van der Waals surface area contributed by atoms with Crippen molar-refractivity contribution in [3.05, 3.63) is 48.6 Å². The maximum Gasteiger partial charge on any atom is 0.303 e. The molecule has 158 valence electrons. The first kappa shape index (κ1) is 24.3. The van der Waals surface area contributed by atoms with Crippen molar-refractivity contribution in [2.45, 2.75) is 82.4 Å². The molecule has 6 heteroatoms. The topological polar surface area (TPSA) is 107 Å². The third-order valence-electron chi connectivity index (χ3n) is 4.44. The van der Waals surface area contributed by atoms with E-state index in [1.165, 1.54) is 12.2 Å². The summed E-state index contributed by atoms with van der Waals surface area (Å²) >= 11 is 0. The number of carboxylic acids is 1. The largest absolute Gasteiger partial charge is 0.481 e. The zero-order valence-corrected chi connectivity index (χ0v) is 16.6. The summed E-state index contributed by atoms with van der Waals surface area (Å²) in [7, 11) is 0. The molecule has 6 nitrogen and oxygen atoms in total. The van der Waals surface area contributed by atoms with Gasteiger partial charge in [0.05, 0.1) is 30.5 Å². The molecule has 1 heterocycles. The van der Waals surface area contributed by atoms with E-state index in [0.29, 0.717) is 32.1 Å². The standard InChI is InChI=1S/C22H34O6/c1-2-3-8-12-20-19(25)16-21(28-20)18(24)15-14-17(23)11-9-6-4-5-7-10-13-22(26)27/h3,5-9,14-15,17-21,23-25H,2,4,10-13,16H2,1H3,(H,26,27)/b7-5-,8-3-,9-6-,15-14+/t17-,18+,19-,20-,21+/m0/s1. The van der Waals surface area contributed by atoms with E-state index in [9.17, 15) is 20.1 Å². The van der Waals surface area contributed by atoms with Crippen LogP contribution >= 0.6 is 0 Å². The zero-order chi connectivity index (χ0) is 20.8. The molecular weight excluding hydrogens is 360 g/mol. The molecule has 0 aromatic rings. The second-order valence-electron chi connectivity index (χ2n) is 6.92. The Morgan fingerprint density at radius 2 is 1.86 bits per heavy atom. The number of aliphatic hydroxyl groups excluding tert-OH is 3. The smallest absolute Gasteiger partial charge is 0.303 e. The Labute approximate surface area is 167 Å². The Kier molecular flexibility index (Phi) is 12.4. The molecule has 0 saturated carbocycles. The minimum Gasteiger partial charge on any atom is -0.481 e. The van der Waals surface area contributed by atoms with Crippen LogP contribution in [0.15, 0.2) is 48.6 Å². The molecule has 0 aliphatic carbocycles. The number of hydrogen-bond donors (Lipinski definition) is 4. The highest BCUT2D eigenvalue weighted by Gasteiger charge is 2.36.